The van der Waals surface area contributed by atoms with Crippen LogP contribution >= 0.6 is 0 Å². The first-order chi connectivity index (χ1) is 9.24. The van der Waals surface area contributed by atoms with Gasteiger partial charge in [0.25, 0.3) is 0 Å². The summed E-state index contributed by atoms with van der Waals surface area (Å²) in [6.45, 7) is 1.10. The van der Waals surface area contributed by atoms with Gasteiger partial charge >= 0.3 is 6.03 Å². The third kappa shape index (κ3) is 3.38. The van der Waals surface area contributed by atoms with Crippen LogP contribution in [0.15, 0.2) is 24.3 Å². The van der Waals surface area contributed by atoms with Crippen LogP contribution in [0.25, 0.3) is 0 Å². The third-order valence-corrected chi connectivity index (χ3v) is 3.49. The maximum atomic E-state index is 12.2. The number of hydrogen-bond donors (Lipinski definition) is 2. The summed E-state index contributed by atoms with van der Waals surface area (Å²) in [4.78, 5) is 14.1. The molecule has 0 heterocycles. The average molecular weight is 263 g/mol. The van der Waals surface area contributed by atoms with Crippen molar-refractivity contribution in [2.45, 2.75) is 25.3 Å². The highest BCUT2D eigenvalue weighted by Gasteiger charge is 2.28. The van der Waals surface area contributed by atoms with Crippen LogP contribution in [0.5, 0.6) is 5.75 Å². The first kappa shape index (κ1) is 13.7. The molecule has 19 heavy (non-hydrogen) atoms. The Bertz CT molecular complexity index is 415. The fourth-order valence-electron chi connectivity index (χ4n) is 2.16. The smallest absolute Gasteiger partial charge is 0.322 e. The topological polar surface area (TPSA) is 67.6 Å². The molecule has 1 aliphatic carbocycles. The quantitative estimate of drug-likeness (QED) is 0.854. The number of nitrogens with one attached hydrogen (secondary N) is 1. The van der Waals surface area contributed by atoms with Crippen molar-refractivity contribution in [3.63, 3.8) is 0 Å². The second-order valence-corrected chi connectivity index (χ2v) is 4.73. The normalized spacial score (nSPS) is 14.6. The second kappa shape index (κ2) is 6.43. The molecule has 0 saturated heterocycles. The Balaban J connectivity index is 1.96. The number of ether oxygens (including phenoxy) is 1. The molecule has 1 aromatic carbocycles. The van der Waals surface area contributed by atoms with E-state index in [-0.39, 0.29) is 6.03 Å². The molecule has 3 N–H and O–H groups in total. The van der Waals surface area contributed by atoms with Crippen molar-refractivity contribution in [3.8, 4) is 5.75 Å². The minimum Gasteiger partial charge on any atom is -0.497 e. The van der Waals surface area contributed by atoms with Crippen LogP contribution in [0.1, 0.15) is 19.3 Å². The Kier molecular flexibility index (Phi) is 4.63. The fraction of sp³-hybridized carbons (Fsp3) is 0.500. The van der Waals surface area contributed by atoms with Gasteiger partial charge in [-0.1, -0.05) is 0 Å². The van der Waals surface area contributed by atoms with Crippen LogP contribution in [0.2, 0.25) is 0 Å². The van der Waals surface area contributed by atoms with Crippen LogP contribution in [-0.4, -0.2) is 37.2 Å². The lowest BCUT2D eigenvalue weighted by atomic mass is 9.91. The van der Waals surface area contributed by atoms with Gasteiger partial charge in [-0.15, -0.1) is 0 Å². The predicted molar refractivity (Wildman–Crippen MR) is 75.4 cm³/mol. The Morgan fingerprint density at radius 3 is 2.58 bits per heavy atom. The number of nitrogens with zero attached hydrogens (tertiary/aromatic N) is 1. The zero-order chi connectivity index (χ0) is 13.7. The molecule has 2 amide bonds. The molecule has 0 spiro atoms. The van der Waals surface area contributed by atoms with Crippen molar-refractivity contribution >= 4 is 11.7 Å². The highest BCUT2D eigenvalue weighted by atomic mass is 16.5. The van der Waals surface area contributed by atoms with E-state index < -0.39 is 0 Å². The number of rotatable bonds is 5. The summed E-state index contributed by atoms with van der Waals surface area (Å²) in [7, 11) is 1.62. The number of benzene rings is 1. The van der Waals surface area contributed by atoms with E-state index in [9.17, 15) is 4.79 Å². The molecular formula is C14H21N3O2. The van der Waals surface area contributed by atoms with Gasteiger partial charge in [-0.25, -0.2) is 4.79 Å². The van der Waals surface area contributed by atoms with E-state index in [2.05, 4.69) is 5.32 Å². The third-order valence-electron chi connectivity index (χ3n) is 3.49. The van der Waals surface area contributed by atoms with Crippen LogP contribution in [-0.2, 0) is 0 Å². The summed E-state index contributed by atoms with van der Waals surface area (Å²) < 4.78 is 5.09. The number of urea groups is 1. The minimum absolute atomic E-state index is 0.0692. The Morgan fingerprint density at radius 1 is 1.42 bits per heavy atom. The van der Waals surface area contributed by atoms with Gasteiger partial charge in [0.2, 0.25) is 0 Å². The number of nitrogens with two attached hydrogens (primary N) is 1. The van der Waals surface area contributed by atoms with E-state index in [4.69, 9.17) is 10.5 Å². The second-order valence-electron chi connectivity index (χ2n) is 4.73. The van der Waals surface area contributed by atoms with Crippen molar-refractivity contribution in [3.05, 3.63) is 24.3 Å². The highest BCUT2D eigenvalue weighted by Crippen LogP contribution is 2.25. The van der Waals surface area contributed by atoms with Gasteiger partial charge in [0, 0.05) is 24.8 Å². The van der Waals surface area contributed by atoms with E-state index in [1.807, 2.05) is 29.2 Å². The monoisotopic (exact) mass is 263 g/mol. The summed E-state index contributed by atoms with van der Waals surface area (Å²) in [5.41, 5.74) is 6.35. The van der Waals surface area contributed by atoms with E-state index in [0.29, 0.717) is 19.1 Å². The first-order valence-electron chi connectivity index (χ1n) is 6.66. The zero-order valence-electron chi connectivity index (χ0n) is 11.3. The Morgan fingerprint density at radius 2 is 2.11 bits per heavy atom. The molecule has 0 aliphatic heterocycles. The number of anilines is 1. The van der Waals surface area contributed by atoms with Gasteiger partial charge in [0.05, 0.1) is 7.11 Å². The van der Waals surface area contributed by atoms with E-state index in [0.717, 1.165) is 24.3 Å². The molecule has 5 nitrogen and oxygen atoms in total. The Hall–Kier alpha value is -1.75. The van der Waals surface area contributed by atoms with Gasteiger partial charge in [0.15, 0.2) is 0 Å². The van der Waals surface area contributed by atoms with Gasteiger partial charge in [-0.3, -0.25) is 0 Å². The van der Waals surface area contributed by atoms with Crippen LogP contribution < -0.4 is 15.8 Å². The molecule has 1 fully saturated rings. The van der Waals surface area contributed by atoms with E-state index in [1.165, 1.54) is 6.42 Å². The van der Waals surface area contributed by atoms with E-state index >= 15 is 0 Å². The summed E-state index contributed by atoms with van der Waals surface area (Å²) >= 11 is 0. The number of carbonyl (C=O) groups is 1. The van der Waals surface area contributed by atoms with Crippen LogP contribution in [0.4, 0.5) is 10.5 Å². The SMILES string of the molecule is COc1ccc(NC(=O)N(CCN)C2CCC2)cc1. The lowest BCUT2D eigenvalue weighted by Gasteiger charge is -2.37. The lowest BCUT2D eigenvalue weighted by Crippen LogP contribution is -2.48. The van der Waals surface area contributed by atoms with Gasteiger partial charge in [0.1, 0.15) is 5.75 Å². The fourth-order valence-corrected chi connectivity index (χ4v) is 2.16. The summed E-state index contributed by atoms with van der Waals surface area (Å²) in [5.74, 6) is 0.774. The summed E-state index contributed by atoms with van der Waals surface area (Å²) in [6, 6.07) is 7.59. The number of carbonyl (C=O) groups excluding carboxylic acids is 1. The van der Waals surface area contributed by atoms with Gasteiger partial charge < -0.3 is 20.7 Å². The number of methoxy groups -OCH3 is 1. The van der Waals surface area contributed by atoms with Crippen molar-refractivity contribution in [2.75, 3.05) is 25.5 Å². The molecule has 2 rings (SSSR count). The van der Waals surface area contributed by atoms with Crippen LogP contribution in [0.3, 0.4) is 0 Å². The maximum Gasteiger partial charge on any atom is 0.322 e. The largest absolute Gasteiger partial charge is 0.497 e. The molecule has 0 aromatic heterocycles. The molecule has 104 valence electrons. The molecule has 0 unspecified atom stereocenters. The molecule has 1 saturated carbocycles. The average Bonchev–Trinajstić information content (AvgIpc) is 2.37. The molecule has 0 atom stereocenters. The molecular weight excluding hydrogens is 242 g/mol. The zero-order valence-corrected chi connectivity index (χ0v) is 11.3. The van der Waals surface area contributed by atoms with Crippen molar-refractivity contribution in [1.29, 1.82) is 0 Å². The number of hydrogen-bond acceptors (Lipinski definition) is 3. The van der Waals surface area contributed by atoms with Gasteiger partial charge in [-0.2, -0.15) is 0 Å². The van der Waals surface area contributed by atoms with Crippen molar-refractivity contribution in [1.82, 2.24) is 4.90 Å². The molecule has 5 heteroatoms. The summed E-state index contributed by atoms with van der Waals surface area (Å²) in [5, 5.41) is 2.90. The minimum atomic E-state index is -0.0692. The highest BCUT2D eigenvalue weighted by molar-refractivity contribution is 5.89. The number of amides is 2. The first-order valence-corrected chi connectivity index (χ1v) is 6.66. The van der Waals surface area contributed by atoms with Crippen molar-refractivity contribution in [2.24, 2.45) is 5.73 Å². The maximum absolute atomic E-state index is 12.2. The Labute approximate surface area is 113 Å². The molecule has 1 aliphatic rings. The molecule has 0 radical (unpaired) electrons. The van der Waals surface area contributed by atoms with Crippen molar-refractivity contribution < 1.29 is 9.53 Å². The molecule has 0 bridgehead atoms. The van der Waals surface area contributed by atoms with Crippen LogP contribution in [0, 0.1) is 0 Å². The molecule has 1 aromatic rings. The van der Waals surface area contributed by atoms with E-state index in [1.54, 1.807) is 7.11 Å². The summed E-state index contributed by atoms with van der Waals surface area (Å²) in [6.07, 6.45) is 3.35. The lowest BCUT2D eigenvalue weighted by molar-refractivity contribution is 0.151. The van der Waals surface area contributed by atoms with Gasteiger partial charge in [-0.05, 0) is 43.5 Å². The predicted octanol–water partition coefficient (Wildman–Crippen LogP) is 2.04. The standard InChI is InChI=1S/C14H21N3O2/c1-19-13-7-5-11(6-8-13)16-14(18)17(10-9-15)12-3-2-4-12/h5-8,12H,2-4,9-10,15H2,1H3,(H,16,18).